The van der Waals surface area contributed by atoms with Crippen molar-refractivity contribution in [1.82, 2.24) is 9.55 Å². The van der Waals surface area contributed by atoms with Crippen molar-refractivity contribution < 1.29 is 14.5 Å². The van der Waals surface area contributed by atoms with E-state index < -0.39 is 4.92 Å². The molecule has 0 aliphatic rings. The van der Waals surface area contributed by atoms with Crippen molar-refractivity contribution >= 4 is 40.6 Å². The number of hydrogen-bond acceptors (Lipinski definition) is 6. The minimum atomic E-state index is -0.550. The molecule has 0 atom stereocenters. The number of anilines is 1. The van der Waals surface area contributed by atoms with Crippen molar-refractivity contribution in [3.63, 3.8) is 0 Å². The number of ether oxygens (including phenoxy) is 1. The summed E-state index contributed by atoms with van der Waals surface area (Å²) in [5, 5.41) is 14.1. The van der Waals surface area contributed by atoms with Crippen LogP contribution in [0.15, 0.2) is 60.0 Å². The molecule has 0 fully saturated rings. The monoisotopic (exact) mass is 418 g/mol. The molecule has 0 bridgehead atoms. The number of nitro groups is 1. The number of non-ortho nitro benzene ring substituents is 1. The van der Waals surface area contributed by atoms with E-state index in [0.29, 0.717) is 16.6 Å². The Balaban J connectivity index is 1.66. The first kappa shape index (κ1) is 19.7. The molecule has 10 heteroatoms. The third-order valence-corrected chi connectivity index (χ3v) is 4.99. The molecule has 1 aromatic heterocycles. The third-order valence-electron chi connectivity index (χ3n) is 3.71. The molecule has 1 amide bonds. The smallest absolute Gasteiger partial charge is 0.271 e. The number of nitrogens with one attached hydrogen (secondary N) is 1. The van der Waals surface area contributed by atoms with Crippen LogP contribution in [-0.4, -0.2) is 33.2 Å². The molecule has 2 aromatic carbocycles. The summed E-state index contributed by atoms with van der Waals surface area (Å²) >= 11 is 7.25. The van der Waals surface area contributed by atoms with Gasteiger partial charge in [-0.15, -0.1) is 0 Å². The number of methoxy groups -OCH3 is 1. The van der Waals surface area contributed by atoms with Crippen molar-refractivity contribution in [2.75, 3.05) is 18.2 Å². The number of carbonyl (C=O) groups is 1. The number of nitro benzene ring substituents is 1. The molecule has 3 rings (SSSR count). The molecule has 8 nitrogen and oxygen atoms in total. The molecule has 1 heterocycles. The number of aromatic nitrogens is 2. The van der Waals surface area contributed by atoms with Crippen LogP contribution in [0.4, 0.5) is 11.4 Å². The first-order chi connectivity index (χ1) is 13.5. The van der Waals surface area contributed by atoms with E-state index in [1.807, 2.05) is 28.8 Å². The van der Waals surface area contributed by atoms with Gasteiger partial charge in [0, 0.05) is 30.6 Å². The second-order valence-corrected chi connectivity index (χ2v) is 6.89. The predicted molar refractivity (Wildman–Crippen MR) is 108 cm³/mol. The molecule has 0 radical (unpaired) electrons. The number of halogens is 1. The Morgan fingerprint density at radius 3 is 2.89 bits per heavy atom. The van der Waals surface area contributed by atoms with Gasteiger partial charge in [-0.05, 0) is 18.2 Å². The lowest BCUT2D eigenvalue weighted by Gasteiger charge is -2.10. The molecule has 28 heavy (non-hydrogen) atoms. The van der Waals surface area contributed by atoms with Gasteiger partial charge in [0.2, 0.25) is 5.91 Å². The zero-order valence-electron chi connectivity index (χ0n) is 14.7. The topological polar surface area (TPSA) is 99.3 Å². The highest BCUT2D eigenvalue weighted by molar-refractivity contribution is 7.99. The summed E-state index contributed by atoms with van der Waals surface area (Å²) in [6, 6.07) is 11.4. The highest BCUT2D eigenvalue weighted by Gasteiger charge is 2.13. The zero-order chi connectivity index (χ0) is 20.1. The molecule has 1 N–H and O–H groups in total. The van der Waals surface area contributed by atoms with Crippen molar-refractivity contribution in [3.8, 4) is 11.4 Å². The zero-order valence-corrected chi connectivity index (χ0v) is 16.2. The Bertz CT molecular complexity index is 1020. The van der Waals surface area contributed by atoms with E-state index in [9.17, 15) is 14.9 Å². The van der Waals surface area contributed by atoms with E-state index in [4.69, 9.17) is 16.3 Å². The fourth-order valence-corrected chi connectivity index (χ4v) is 3.38. The summed E-state index contributed by atoms with van der Waals surface area (Å²) in [6.45, 7) is 0. The van der Waals surface area contributed by atoms with E-state index in [2.05, 4.69) is 10.3 Å². The molecular weight excluding hydrogens is 404 g/mol. The summed E-state index contributed by atoms with van der Waals surface area (Å²) < 4.78 is 7.08. The predicted octanol–water partition coefficient (Wildman–Crippen LogP) is 4.17. The first-order valence-corrected chi connectivity index (χ1v) is 9.38. The van der Waals surface area contributed by atoms with E-state index in [1.165, 1.54) is 30.0 Å². The Morgan fingerprint density at radius 2 is 2.18 bits per heavy atom. The minimum Gasteiger partial charge on any atom is -0.497 e. The normalized spacial score (nSPS) is 10.5. The van der Waals surface area contributed by atoms with Crippen LogP contribution < -0.4 is 10.1 Å². The first-order valence-electron chi connectivity index (χ1n) is 8.02. The highest BCUT2D eigenvalue weighted by atomic mass is 35.5. The molecule has 144 valence electrons. The molecule has 0 unspecified atom stereocenters. The van der Waals surface area contributed by atoms with Crippen molar-refractivity contribution in [3.05, 3.63) is 70.0 Å². The molecule has 0 spiro atoms. The van der Waals surface area contributed by atoms with E-state index >= 15 is 0 Å². The molecule has 0 saturated heterocycles. The number of hydrogen-bond donors (Lipinski definition) is 1. The van der Waals surface area contributed by atoms with Crippen molar-refractivity contribution in [1.29, 1.82) is 0 Å². The largest absolute Gasteiger partial charge is 0.497 e. The molecule has 0 aliphatic carbocycles. The molecule has 0 aliphatic heterocycles. The Kier molecular flexibility index (Phi) is 6.17. The van der Waals surface area contributed by atoms with Crippen LogP contribution in [0.1, 0.15) is 0 Å². The highest BCUT2D eigenvalue weighted by Crippen LogP contribution is 2.27. The number of amides is 1. The average molecular weight is 419 g/mol. The molecular formula is C18H15ClN4O4S. The van der Waals surface area contributed by atoms with E-state index in [0.717, 1.165) is 5.69 Å². The average Bonchev–Trinajstić information content (AvgIpc) is 3.16. The van der Waals surface area contributed by atoms with Crippen LogP contribution in [0, 0.1) is 10.1 Å². The summed E-state index contributed by atoms with van der Waals surface area (Å²) in [5.41, 5.74) is 1.03. The van der Waals surface area contributed by atoms with Gasteiger partial charge in [-0.3, -0.25) is 19.5 Å². The maximum absolute atomic E-state index is 12.2. The Morgan fingerprint density at radius 1 is 1.36 bits per heavy atom. The van der Waals surface area contributed by atoms with Gasteiger partial charge in [-0.1, -0.05) is 29.4 Å². The van der Waals surface area contributed by atoms with Crippen LogP contribution in [0.2, 0.25) is 5.02 Å². The number of rotatable bonds is 7. The number of imidazole rings is 1. The van der Waals surface area contributed by atoms with Crippen LogP contribution in [0.3, 0.4) is 0 Å². The number of thioether (sulfide) groups is 1. The summed E-state index contributed by atoms with van der Waals surface area (Å²) in [7, 11) is 1.59. The van der Waals surface area contributed by atoms with Crippen LogP contribution in [0.25, 0.3) is 5.69 Å². The fraction of sp³-hybridized carbons (Fsp3) is 0.111. The van der Waals surface area contributed by atoms with Gasteiger partial charge in [0.15, 0.2) is 5.16 Å². The summed E-state index contributed by atoms with van der Waals surface area (Å²) in [5.74, 6) is 0.502. The Labute approximate surface area is 169 Å². The second-order valence-electron chi connectivity index (χ2n) is 5.54. The van der Waals surface area contributed by atoms with Crippen LogP contribution >= 0.6 is 23.4 Å². The van der Waals surface area contributed by atoms with Crippen molar-refractivity contribution in [2.45, 2.75) is 5.16 Å². The van der Waals surface area contributed by atoms with Gasteiger partial charge < -0.3 is 10.1 Å². The number of nitrogens with zero attached hydrogens (tertiary/aromatic N) is 3. The standard InChI is InChI=1S/C18H15ClN4O4S/c1-27-14-4-2-3-12(9-14)22-8-7-20-18(22)28-11-17(24)21-16-6-5-13(23(25)26)10-15(16)19/h2-10H,11H2,1H3,(H,21,24). The maximum atomic E-state index is 12.2. The summed E-state index contributed by atoms with van der Waals surface area (Å²) in [6.07, 6.45) is 3.44. The molecule has 3 aromatic rings. The van der Waals surface area contributed by atoms with Crippen LogP contribution in [0.5, 0.6) is 5.75 Å². The van der Waals surface area contributed by atoms with Gasteiger partial charge in [-0.25, -0.2) is 4.98 Å². The third kappa shape index (κ3) is 4.62. The summed E-state index contributed by atoms with van der Waals surface area (Å²) in [4.78, 5) is 26.7. The lowest BCUT2D eigenvalue weighted by molar-refractivity contribution is -0.384. The van der Waals surface area contributed by atoms with Crippen molar-refractivity contribution in [2.24, 2.45) is 0 Å². The van der Waals surface area contributed by atoms with Crippen LogP contribution in [-0.2, 0) is 4.79 Å². The van der Waals surface area contributed by atoms with Gasteiger partial charge >= 0.3 is 0 Å². The number of benzene rings is 2. The Hall–Kier alpha value is -3.04. The van der Waals surface area contributed by atoms with Gasteiger partial charge in [0.25, 0.3) is 5.69 Å². The van der Waals surface area contributed by atoms with Gasteiger partial charge in [0.05, 0.1) is 34.2 Å². The SMILES string of the molecule is COc1cccc(-n2ccnc2SCC(=O)Nc2ccc([N+](=O)[O-])cc2Cl)c1. The lowest BCUT2D eigenvalue weighted by Crippen LogP contribution is -2.15. The lowest BCUT2D eigenvalue weighted by atomic mass is 10.3. The quantitative estimate of drug-likeness (QED) is 0.351. The van der Waals surface area contributed by atoms with E-state index in [-0.39, 0.29) is 22.4 Å². The second kappa shape index (κ2) is 8.77. The van der Waals surface area contributed by atoms with E-state index in [1.54, 1.807) is 19.5 Å². The van der Waals surface area contributed by atoms with Gasteiger partial charge in [-0.2, -0.15) is 0 Å². The van der Waals surface area contributed by atoms with Gasteiger partial charge in [0.1, 0.15) is 5.75 Å². The fourth-order valence-electron chi connectivity index (χ4n) is 2.39. The maximum Gasteiger partial charge on any atom is 0.271 e. The number of carbonyl (C=O) groups excluding carboxylic acids is 1. The molecule has 0 saturated carbocycles. The minimum absolute atomic E-state index is 0.0916.